The molecule has 0 unspecified atom stereocenters. The van der Waals surface area contributed by atoms with E-state index in [9.17, 15) is 13.2 Å². The SMILES string of the molecule is O=C(NCc1ccccc1Cl)c1ccc(S(=O)(=O)N2CCCC2)o1. The standard InChI is InChI=1S/C16H17ClN2O4S/c17-13-6-2-1-5-12(13)11-18-16(20)14-7-8-15(23-14)24(21,22)19-9-3-4-10-19/h1-2,5-8H,3-4,9-11H2,(H,18,20). The van der Waals surface area contributed by atoms with E-state index in [-0.39, 0.29) is 17.4 Å². The summed E-state index contributed by atoms with van der Waals surface area (Å²) >= 11 is 6.03. The first-order valence-corrected chi connectivity index (χ1v) is 9.42. The zero-order valence-corrected chi connectivity index (χ0v) is 14.4. The van der Waals surface area contributed by atoms with E-state index < -0.39 is 15.9 Å². The Labute approximate surface area is 145 Å². The third kappa shape index (κ3) is 3.48. The molecule has 0 aliphatic carbocycles. The van der Waals surface area contributed by atoms with Crippen molar-refractivity contribution >= 4 is 27.5 Å². The number of benzene rings is 1. The molecule has 1 N–H and O–H groups in total. The molecule has 6 nitrogen and oxygen atoms in total. The summed E-state index contributed by atoms with van der Waals surface area (Å²) in [6, 6.07) is 9.84. The van der Waals surface area contributed by atoms with E-state index >= 15 is 0 Å². The normalized spacial score (nSPS) is 15.5. The molecule has 3 rings (SSSR count). The molecule has 8 heteroatoms. The van der Waals surface area contributed by atoms with Crippen LogP contribution in [0.4, 0.5) is 0 Å². The Hall–Kier alpha value is -1.83. The van der Waals surface area contributed by atoms with E-state index in [1.54, 1.807) is 18.2 Å². The van der Waals surface area contributed by atoms with Crippen molar-refractivity contribution in [1.29, 1.82) is 0 Å². The highest BCUT2D eigenvalue weighted by Gasteiger charge is 2.30. The monoisotopic (exact) mass is 368 g/mol. The fourth-order valence-corrected chi connectivity index (χ4v) is 4.17. The predicted octanol–water partition coefficient (Wildman–Crippen LogP) is 2.65. The predicted molar refractivity (Wildman–Crippen MR) is 89.3 cm³/mol. The number of carbonyl (C=O) groups is 1. The van der Waals surface area contributed by atoms with Gasteiger partial charge < -0.3 is 9.73 Å². The van der Waals surface area contributed by atoms with Crippen LogP contribution in [0.2, 0.25) is 5.02 Å². The van der Waals surface area contributed by atoms with Gasteiger partial charge in [0, 0.05) is 24.7 Å². The third-order valence-corrected chi connectivity index (χ3v) is 6.00. The zero-order chi connectivity index (χ0) is 17.2. The molecule has 1 aliphatic heterocycles. The van der Waals surface area contributed by atoms with Crippen LogP contribution in [-0.4, -0.2) is 31.7 Å². The average molecular weight is 369 g/mol. The Morgan fingerprint density at radius 2 is 1.88 bits per heavy atom. The number of rotatable bonds is 5. The van der Waals surface area contributed by atoms with Gasteiger partial charge in [-0.2, -0.15) is 4.31 Å². The molecule has 0 bridgehead atoms. The maximum absolute atomic E-state index is 12.4. The van der Waals surface area contributed by atoms with E-state index in [2.05, 4.69) is 5.32 Å². The summed E-state index contributed by atoms with van der Waals surface area (Å²) in [6.45, 7) is 1.20. The zero-order valence-electron chi connectivity index (χ0n) is 12.9. The molecular weight excluding hydrogens is 352 g/mol. The number of nitrogens with zero attached hydrogens (tertiary/aromatic N) is 1. The van der Waals surface area contributed by atoms with Gasteiger partial charge in [-0.1, -0.05) is 29.8 Å². The fraction of sp³-hybridized carbons (Fsp3) is 0.312. The van der Waals surface area contributed by atoms with Crippen molar-refractivity contribution in [2.24, 2.45) is 0 Å². The lowest BCUT2D eigenvalue weighted by molar-refractivity contribution is 0.0917. The van der Waals surface area contributed by atoms with Crippen molar-refractivity contribution < 1.29 is 17.6 Å². The molecule has 128 valence electrons. The fourth-order valence-electron chi connectivity index (χ4n) is 2.54. The van der Waals surface area contributed by atoms with Crippen LogP contribution in [0, 0.1) is 0 Å². The van der Waals surface area contributed by atoms with Gasteiger partial charge in [-0.05, 0) is 36.6 Å². The Morgan fingerprint density at radius 3 is 2.58 bits per heavy atom. The first-order chi connectivity index (χ1) is 11.5. The molecular formula is C16H17ClN2O4S. The van der Waals surface area contributed by atoms with Crippen LogP contribution in [0.25, 0.3) is 0 Å². The molecule has 24 heavy (non-hydrogen) atoms. The Morgan fingerprint density at radius 1 is 1.17 bits per heavy atom. The van der Waals surface area contributed by atoms with Gasteiger partial charge in [-0.3, -0.25) is 4.79 Å². The summed E-state index contributed by atoms with van der Waals surface area (Å²) in [4.78, 5) is 12.1. The molecule has 1 saturated heterocycles. The number of hydrogen-bond donors (Lipinski definition) is 1. The van der Waals surface area contributed by atoms with Crippen LogP contribution < -0.4 is 5.32 Å². The Kier molecular flexibility index (Phi) is 4.93. The molecule has 0 spiro atoms. The van der Waals surface area contributed by atoms with E-state index in [1.165, 1.54) is 16.4 Å². The van der Waals surface area contributed by atoms with Crippen LogP contribution in [0.5, 0.6) is 0 Å². The number of sulfonamides is 1. The lowest BCUT2D eigenvalue weighted by atomic mass is 10.2. The van der Waals surface area contributed by atoms with Crippen molar-refractivity contribution in [3.63, 3.8) is 0 Å². The highest BCUT2D eigenvalue weighted by Crippen LogP contribution is 2.23. The average Bonchev–Trinajstić information content (AvgIpc) is 3.25. The molecule has 1 fully saturated rings. The first-order valence-electron chi connectivity index (χ1n) is 7.60. The second-order valence-electron chi connectivity index (χ2n) is 5.50. The molecule has 1 amide bonds. The van der Waals surface area contributed by atoms with Gasteiger partial charge in [-0.15, -0.1) is 0 Å². The summed E-state index contributed by atoms with van der Waals surface area (Å²) in [5.74, 6) is -0.530. The minimum Gasteiger partial charge on any atom is -0.438 e. The number of furan rings is 1. The molecule has 1 aromatic heterocycles. The number of nitrogens with one attached hydrogen (secondary N) is 1. The van der Waals surface area contributed by atoms with E-state index in [4.69, 9.17) is 16.0 Å². The Bertz CT molecular complexity index is 841. The van der Waals surface area contributed by atoms with E-state index in [0.717, 1.165) is 18.4 Å². The van der Waals surface area contributed by atoms with Crippen molar-refractivity contribution in [2.45, 2.75) is 24.5 Å². The summed E-state index contributed by atoms with van der Waals surface area (Å²) < 4.78 is 31.4. The topological polar surface area (TPSA) is 79.6 Å². The van der Waals surface area contributed by atoms with Gasteiger partial charge in [-0.25, -0.2) is 8.42 Å². The second kappa shape index (κ2) is 6.96. The minimum atomic E-state index is -3.66. The quantitative estimate of drug-likeness (QED) is 0.879. The summed E-state index contributed by atoms with van der Waals surface area (Å²) in [5, 5.41) is 3.01. The highest BCUT2D eigenvalue weighted by atomic mass is 35.5. The van der Waals surface area contributed by atoms with E-state index in [0.29, 0.717) is 18.1 Å². The molecule has 1 aliphatic rings. The molecule has 2 aromatic rings. The number of hydrogen-bond acceptors (Lipinski definition) is 4. The van der Waals surface area contributed by atoms with Crippen molar-refractivity contribution in [2.75, 3.05) is 13.1 Å². The van der Waals surface area contributed by atoms with Crippen LogP contribution in [0.15, 0.2) is 45.9 Å². The van der Waals surface area contributed by atoms with Gasteiger partial charge >= 0.3 is 0 Å². The highest BCUT2D eigenvalue weighted by molar-refractivity contribution is 7.89. The van der Waals surface area contributed by atoms with Crippen LogP contribution in [0.1, 0.15) is 29.0 Å². The molecule has 0 saturated carbocycles. The van der Waals surface area contributed by atoms with Gasteiger partial charge in [0.05, 0.1) is 0 Å². The van der Waals surface area contributed by atoms with Crippen molar-refractivity contribution in [1.82, 2.24) is 9.62 Å². The maximum atomic E-state index is 12.4. The summed E-state index contributed by atoms with van der Waals surface area (Å²) in [5.41, 5.74) is 0.768. The molecule has 0 radical (unpaired) electrons. The van der Waals surface area contributed by atoms with Crippen LogP contribution >= 0.6 is 11.6 Å². The number of carbonyl (C=O) groups excluding carboxylic acids is 1. The largest absolute Gasteiger partial charge is 0.438 e. The lowest BCUT2D eigenvalue weighted by Crippen LogP contribution is -2.27. The summed E-state index contributed by atoms with van der Waals surface area (Å²) in [6.07, 6.45) is 1.68. The lowest BCUT2D eigenvalue weighted by Gasteiger charge is -2.12. The molecule has 0 atom stereocenters. The number of amides is 1. The smallest absolute Gasteiger partial charge is 0.287 e. The van der Waals surface area contributed by atoms with Gasteiger partial charge in [0.25, 0.3) is 15.9 Å². The second-order valence-corrected chi connectivity index (χ2v) is 7.78. The summed E-state index contributed by atoms with van der Waals surface area (Å²) in [7, 11) is -3.66. The van der Waals surface area contributed by atoms with Crippen molar-refractivity contribution in [3.05, 3.63) is 52.7 Å². The minimum absolute atomic E-state index is 0.0418. The van der Waals surface area contributed by atoms with E-state index in [1.807, 2.05) is 6.07 Å². The van der Waals surface area contributed by atoms with Crippen molar-refractivity contribution in [3.8, 4) is 0 Å². The van der Waals surface area contributed by atoms with Gasteiger partial charge in [0.1, 0.15) is 0 Å². The first kappa shape index (κ1) is 17.0. The Balaban J connectivity index is 1.69. The van der Waals surface area contributed by atoms with Crippen LogP contribution in [0.3, 0.4) is 0 Å². The number of halogens is 1. The molecule has 1 aromatic carbocycles. The third-order valence-electron chi connectivity index (χ3n) is 3.86. The van der Waals surface area contributed by atoms with Gasteiger partial charge in [0.15, 0.2) is 5.76 Å². The molecule has 2 heterocycles. The van der Waals surface area contributed by atoms with Gasteiger partial charge in [0.2, 0.25) is 5.09 Å². The maximum Gasteiger partial charge on any atom is 0.287 e. The van der Waals surface area contributed by atoms with Crippen LogP contribution in [-0.2, 0) is 16.6 Å².